The Hall–Kier alpha value is -3.10. The number of hydrazine groups is 2. The molecule has 0 aromatic heterocycles. The van der Waals surface area contributed by atoms with Crippen molar-refractivity contribution >= 4 is 46.8 Å². The molecule has 0 spiro atoms. The number of benzene rings is 2. The van der Waals surface area contributed by atoms with Gasteiger partial charge < -0.3 is 0 Å². The van der Waals surface area contributed by atoms with E-state index < -0.39 is 23.6 Å². The van der Waals surface area contributed by atoms with E-state index in [0.29, 0.717) is 21.2 Å². The molecule has 2 rings (SSSR count). The normalized spacial score (nSPS) is 10.0. The van der Waals surface area contributed by atoms with E-state index in [-0.39, 0.29) is 19.3 Å². The smallest absolute Gasteiger partial charge is 0.269 e. The van der Waals surface area contributed by atoms with E-state index in [1.807, 2.05) is 0 Å². The summed E-state index contributed by atoms with van der Waals surface area (Å²) < 4.78 is 0. The predicted octanol–water partition coefficient (Wildman–Crippen LogP) is 2.39. The van der Waals surface area contributed by atoms with Gasteiger partial charge in [0.1, 0.15) is 0 Å². The summed E-state index contributed by atoms with van der Waals surface area (Å²) in [5, 5.41) is 0.987. The first-order chi connectivity index (χ1) is 13.8. The van der Waals surface area contributed by atoms with Crippen LogP contribution in [0, 0.1) is 0 Å². The monoisotopic (exact) mass is 436 g/mol. The zero-order valence-electron chi connectivity index (χ0n) is 15.1. The van der Waals surface area contributed by atoms with Gasteiger partial charge in [0.15, 0.2) is 0 Å². The van der Waals surface area contributed by atoms with Crippen molar-refractivity contribution in [3.05, 3.63) is 69.7 Å². The summed E-state index contributed by atoms with van der Waals surface area (Å²) in [5.74, 6) is -1.88. The summed E-state index contributed by atoms with van der Waals surface area (Å²) in [4.78, 5) is 47.2. The summed E-state index contributed by atoms with van der Waals surface area (Å²) in [6.07, 6.45) is 0.254. The third-order valence-electron chi connectivity index (χ3n) is 3.65. The van der Waals surface area contributed by atoms with Crippen LogP contribution in [-0.2, 0) is 9.59 Å². The zero-order chi connectivity index (χ0) is 21.2. The van der Waals surface area contributed by atoms with E-state index in [1.165, 1.54) is 24.3 Å². The van der Waals surface area contributed by atoms with Crippen LogP contribution in [0.2, 0.25) is 10.0 Å². The van der Waals surface area contributed by atoms with Gasteiger partial charge in [0.25, 0.3) is 11.8 Å². The second-order valence-corrected chi connectivity index (χ2v) is 6.74. The van der Waals surface area contributed by atoms with Crippen LogP contribution in [0.3, 0.4) is 0 Å². The average Bonchev–Trinajstić information content (AvgIpc) is 2.71. The molecule has 4 amide bonds. The second kappa shape index (κ2) is 11.0. The Bertz CT molecular complexity index is 813. The molecular formula is C19H18Cl2N4O4. The molecule has 0 unspecified atom stereocenters. The number of halogens is 2. The van der Waals surface area contributed by atoms with Crippen molar-refractivity contribution in [2.75, 3.05) is 0 Å². The van der Waals surface area contributed by atoms with Crippen LogP contribution >= 0.6 is 23.2 Å². The molecule has 0 fully saturated rings. The van der Waals surface area contributed by atoms with Gasteiger partial charge in [-0.2, -0.15) is 0 Å². The minimum atomic E-state index is -0.488. The van der Waals surface area contributed by atoms with Crippen molar-refractivity contribution in [1.29, 1.82) is 0 Å². The SMILES string of the molecule is O=C(CCCC(=O)NNC(=O)c1ccc(Cl)cc1)NNC(=O)c1ccc(Cl)cc1. The Kier molecular flexibility index (Phi) is 8.45. The Morgan fingerprint density at radius 1 is 0.586 bits per heavy atom. The van der Waals surface area contributed by atoms with E-state index in [9.17, 15) is 19.2 Å². The fourth-order valence-electron chi connectivity index (χ4n) is 2.13. The lowest BCUT2D eigenvalue weighted by Crippen LogP contribution is -2.42. The van der Waals surface area contributed by atoms with Gasteiger partial charge in [-0.05, 0) is 55.0 Å². The number of amides is 4. The maximum Gasteiger partial charge on any atom is 0.269 e. The lowest BCUT2D eigenvalue weighted by Gasteiger charge is -2.09. The summed E-state index contributed by atoms with van der Waals surface area (Å²) in [6, 6.07) is 12.3. The number of carbonyl (C=O) groups is 4. The Labute approximate surface area is 176 Å². The highest BCUT2D eigenvalue weighted by molar-refractivity contribution is 6.31. The molecule has 0 aliphatic rings. The molecule has 0 radical (unpaired) electrons. The second-order valence-electron chi connectivity index (χ2n) is 5.87. The number of hydrogen-bond acceptors (Lipinski definition) is 4. The van der Waals surface area contributed by atoms with Crippen LogP contribution in [-0.4, -0.2) is 23.6 Å². The molecule has 0 aliphatic carbocycles. The van der Waals surface area contributed by atoms with Crippen molar-refractivity contribution in [1.82, 2.24) is 21.7 Å². The highest BCUT2D eigenvalue weighted by atomic mass is 35.5. The first-order valence-electron chi connectivity index (χ1n) is 8.54. The van der Waals surface area contributed by atoms with Crippen molar-refractivity contribution in [3.63, 3.8) is 0 Å². The van der Waals surface area contributed by atoms with Gasteiger partial charge in [-0.1, -0.05) is 23.2 Å². The Balaban J connectivity index is 1.62. The lowest BCUT2D eigenvalue weighted by atomic mass is 10.2. The summed E-state index contributed by atoms with van der Waals surface area (Å²) in [6.45, 7) is 0. The van der Waals surface area contributed by atoms with E-state index >= 15 is 0 Å². The molecule has 4 N–H and O–H groups in total. The van der Waals surface area contributed by atoms with E-state index in [2.05, 4.69) is 21.7 Å². The number of carbonyl (C=O) groups excluding carboxylic acids is 4. The summed E-state index contributed by atoms with van der Waals surface area (Å²) in [5.41, 5.74) is 9.74. The lowest BCUT2D eigenvalue weighted by molar-refractivity contribution is -0.123. The molecule has 8 nitrogen and oxygen atoms in total. The molecule has 0 saturated heterocycles. The molecule has 0 aliphatic heterocycles. The number of nitrogens with one attached hydrogen (secondary N) is 4. The third kappa shape index (κ3) is 7.81. The largest absolute Gasteiger partial charge is 0.273 e. The first kappa shape index (κ1) is 22.2. The summed E-state index contributed by atoms with van der Waals surface area (Å²) >= 11 is 11.5. The molecule has 2 aromatic rings. The van der Waals surface area contributed by atoms with Gasteiger partial charge in [0, 0.05) is 34.0 Å². The highest BCUT2D eigenvalue weighted by Gasteiger charge is 2.10. The van der Waals surface area contributed by atoms with Gasteiger partial charge >= 0.3 is 0 Å². The van der Waals surface area contributed by atoms with Gasteiger partial charge in [-0.15, -0.1) is 0 Å². The summed E-state index contributed by atoms with van der Waals surface area (Å²) in [7, 11) is 0. The fourth-order valence-corrected chi connectivity index (χ4v) is 2.39. The van der Waals surface area contributed by atoms with Crippen LogP contribution < -0.4 is 21.7 Å². The van der Waals surface area contributed by atoms with Crippen molar-refractivity contribution in [2.45, 2.75) is 19.3 Å². The number of rotatable bonds is 6. The van der Waals surface area contributed by atoms with Gasteiger partial charge in [0.05, 0.1) is 0 Å². The average molecular weight is 437 g/mol. The molecule has 10 heteroatoms. The molecule has 0 atom stereocenters. The van der Waals surface area contributed by atoms with Crippen molar-refractivity contribution < 1.29 is 19.2 Å². The highest BCUT2D eigenvalue weighted by Crippen LogP contribution is 2.10. The molecule has 2 aromatic carbocycles. The Morgan fingerprint density at radius 2 is 0.931 bits per heavy atom. The molecule has 0 saturated carbocycles. The van der Waals surface area contributed by atoms with Crippen molar-refractivity contribution in [2.24, 2.45) is 0 Å². The van der Waals surface area contributed by atoms with Crippen LogP contribution in [0.4, 0.5) is 0 Å². The van der Waals surface area contributed by atoms with Crippen molar-refractivity contribution in [3.8, 4) is 0 Å². The van der Waals surface area contributed by atoms with Crippen LogP contribution in [0.15, 0.2) is 48.5 Å². The van der Waals surface area contributed by atoms with Gasteiger partial charge in [0.2, 0.25) is 11.8 Å². The van der Waals surface area contributed by atoms with E-state index in [4.69, 9.17) is 23.2 Å². The molecule has 0 heterocycles. The van der Waals surface area contributed by atoms with E-state index in [1.54, 1.807) is 24.3 Å². The minimum Gasteiger partial charge on any atom is -0.273 e. The maximum absolute atomic E-state index is 11.8. The fraction of sp³-hybridized carbons (Fsp3) is 0.158. The molecular weight excluding hydrogens is 419 g/mol. The third-order valence-corrected chi connectivity index (χ3v) is 4.16. The van der Waals surface area contributed by atoms with E-state index in [0.717, 1.165) is 0 Å². The van der Waals surface area contributed by atoms with Crippen LogP contribution in [0.1, 0.15) is 40.0 Å². The van der Waals surface area contributed by atoms with Crippen LogP contribution in [0.5, 0.6) is 0 Å². The maximum atomic E-state index is 11.8. The first-order valence-corrected chi connectivity index (χ1v) is 9.30. The zero-order valence-corrected chi connectivity index (χ0v) is 16.6. The molecule has 152 valence electrons. The quantitative estimate of drug-likeness (QED) is 0.520. The number of hydrogen-bond donors (Lipinski definition) is 4. The van der Waals surface area contributed by atoms with Gasteiger partial charge in [-0.3, -0.25) is 40.9 Å². The van der Waals surface area contributed by atoms with Crippen LogP contribution in [0.25, 0.3) is 0 Å². The topological polar surface area (TPSA) is 116 Å². The van der Waals surface area contributed by atoms with Gasteiger partial charge in [-0.25, -0.2) is 0 Å². The Morgan fingerprint density at radius 3 is 1.28 bits per heavy atom. The molecule has 29 heavy (non-hydrogen) atoms. The predicted molar refractivity (Wildman–Crippen MR) is 108 cm³/mol. The minimum absolute atomic E-state index is 0.0133. The standard InChI is InChI=1S/C19H18Cl2N4O4/c20-14-8-4-12(5-9-14)18(28)24-22-16(26)2-1-3-17(27)23-25-19(29)13-6-10-15(21)11-7-13/h4-11H,1-3H2,(H,22,26)(H,23,27)(H,24,28)(H,25,29). The molecule has 0 bridgehead atoms.